The molecule has 1 N–H and O–H groups in total. The smallest absolute Gasteiger partial charge is 0.203 e. The number of hydrogen-bond donors (Lipinski definition) is 1. The molecule has 0 aliphatic carbocycles. The number of carbonyl (C=O) groups is 1. The molecule has 5 heteroatoms. The maximum Gasteiger partial charge on any atom is 0.203 e. The summed E-state index contributed by atoms with van der Waals surface area (Å²) in [5.74, 6) is 0.294. The van der Waals surface area contributed by atoms with Crippen molar-refractivity contribution in [1.29, 1.82) is 0 Å². The zero-order valence-corrected chi connectivity index (χ0v) is 7.54. The fourth-order valence-corrected chi connectivity index (χ4v) is 1.67. The lowest BCUT2D eigenvalue weighted by atomic mass is 10.2. The molecule has 13 heavy (non-hydrogen) atoms. The zero-order chi connectivity index (χ0) is 9.10. The second-order valence-corrected chi connectivity index (χ2v) is 3.35. The molecular formula is C8H7N3OS. The van der Waals surface area contributed by atoms with E-state index < -0.39 is 0 Å². The number of nitrogens with one attached hydrogen (secondary N) is 1. The second kappa shape index (κ2) is 3.49. The van der Waals surface area contributed by atoms with Crippen molar-refractivity contribution in [2.45, 2.75) is 6.42 Å². The van der Waals surface area contributed by atoms with Gasteiger partial charge in [0.05, 0.1) is 0 Å². The average Bonchev–Trinajstić information content (AvgIpc) is 2.74. The Balaban J connectivity index is 2.08. The van der Waals surface area contributed by atoms with Crippen molar-refractivity contribution < 1.29 is 4.79 Å². The fourth-order valence-electron chi connectivity index (χ4n) is 1.00. The monoisotopic (exact) mass is 193 g/mol. The maximum absolute atomic E-state index is 11.4. The van der Waals surface area contributed by atoms with E-state index in [1.54, 1.807) is 11.3 Å². The third-order valence-corrected chi connectivity index (χ3v) is 2.36. The molecule has 0 fully saturated rings. The quantitative estimate of drug-likeness (QED) is 0.747. The van der Waals surface area contributed by atoms with Crippen molar-refractivity contribution in [2.75, 3.05) is 0 Å². The molecule has 2 aromatic rings. The number of nitrogens with zero attached hydrogens (tertiary/aromatic N) is 2. The topological polar surface area (TPSA) is 58.6 Å². The van der Waals surface area contributed by atoms with Crippen molar-refractivity contribution in [2.24, 2.45) is 0 Å². The van der Waals surface area contributed by atoms with Gasteiger partial charge in [-0.25, -0.2) is 4.98 Å². The number of aromatic amines is 1. The lowest BCUT2D eigenvalue weighted by Gasteiger charge is -1.92. The lowest BCUT2D eigenvalue weighted by molar-refractivity contribution is 0.0983. The van der Waals surface area contributed by atoms with E-state index in [9.17, 15) is 4.79 Å². The SMILES string of the molecule is O=C(Cc1ccsc1)c1ncn[nH]1. The molecule has 66 valence electrons. The molecule has 0 amide bonds. The van der Waals surface area contributed by atoms with Crippen LogP contribution in [0.15, 0.2) is 23.2 Å². The molecule has 0 aromatic carbocycles. The van der Waals surface area contributed by atoms with Gasteiger partial charge in [-0.3, -0.25) is 9.89 Å². The van der Waals surface area contributed by atoms with Crippen LogP contribution in [-0.2, 0) is 6.42 Å². The summed E-state index contributed by atoms with van der Waals surface area (Å²) in [5, 5.41) is 10.1. The third kappa shape index (κ3) is 1.81. The van der Waals surface area contributed by atoms with Gasteiger partial charge in [-0.1, -0.05) is 0 Å². The summed E-state index contributed by atoms with van der Waals surface area (Å²) in [7, 11) is 0. The molecule has 0 saturated carbocycles. The minimum Gasteiger partial charge on any atom is -0.290 e. The van der Waals surface area contributed by atoms with Crippen LogP contribution in [0.25, 0.3) is 0 Å². The number of Topliss-reactive ketones (excluding diaryl/α,β-unsaturated/α-hetero) is 1. The highest BCUT2D eigenvalue weighted by Gasteiger charge is 2.09. The summed E-state index contributed by atoms with van der Waals surface area (Å²) in [6, 6.07) is 1.93. The van der Waals surface area contributed by atoms with Crippen LogP contribution in [0, 0.1) is 0 Å². The Bertz CT molecular complexity index is 379. The zero-order valence-electron chi connectivity index (χ0n) is 6.73. The van der Waals surface area contributed by atoms with Crippen LogP contribution < -0.4 is 0 Å². The number of carbonyl (C=O) groups excluding carboxylic acids is 1. The van der Waals surface area contributed by atoms with E-state index in [0.717, 1.165) is 5.56 Å². The van der Waals surface area contributed by atoms with Crippen LogP contribution in [0.3, 0.4) is 0 Å². The Morgan fingerprint density at radius 2 is 2.54 bits per heavy atom. The Morgan fingerprint density at radius 3 is 3.15 bits per heavy atom. The summed E-state index contributed by atoms with van der Waals surface area (Å²) in [6.45, 7) is 0. The van der Waals surface area contributed by atoms with Gasteiger partial charge in [-0.15, -0.1) is 0 Å². The van der Waals surface area contributed by atoms with Gasteiger partial charge in [-0.05, 0) is 22.4 Å². The number of thiophene rings is 1. The van der Waals surface area contributed by atoms with Crippen LogP contribution in [-0.4, -0.2) is 21.0 Å². The fraction of sp³-hybridized carbons (Fsp3) is 0.125. The average molecular weight is 193 g/mol. The largest absolute Gasteiger partial charge is 0.290 e. The standard InChI is InChI=1S/C8H7N3OS/c12-7(8-9-5-10-11-8)3-6-1-2-13-4-6/h1-2,4-5H,3H2,(H,9,10,11). The molecule has 0 atom stereocenters. The predicted octanol–water partition coefficient (Wildman–Crippen LogP) is 1.29. The van der Waals surface area contributed by atoms with Crippen LogP contribution in [0.2, 0.25) is 0 Å². The van der Waals surface area contributed by atoms with E-state index in [2.05, 4.69) is 15.2 Å². The first kappa shape index (κ1) is 8.12. The molecule has 2 aromatic heterocycles. The first-order chi connectivity index (χ1) is 6.36. The van der Waals surface area contributed by atoms with E-state index in [-0.39, 0.29) is 5.78 Å². The minimum absolute atomic E-state index is 0.0316. The Labute approximate surface area is 78.6 Å². The minimum atomic E-state index is -0.0316. The molecule has 0 aliphatic heterocycles. The molecule has 2 heterocycles. The third-order valence-electron chi connectivity index (χ3n) is 1.62. The van der Waals surface area contributed by atoms with Gasteiger partial charge in [0, 0.05) is 6.42 Å². The number of H-pyrrole nitrogens is 1. The Hall–Kier alpha value is -1.49. The molecule has 0 spiro atoms. The predicted molar refractivity (Wildman–Crippen MR) is 48.7 cm³/mol. The highest BCUT2D eigenvalue weighted by molar-refractivity contribution is 7.08. The van der Waals surface area contributed by atoms with Gasteiger partial charge in [0.2, 0.25) is 5.78 Å². The normalized spacial score (nSPS) is 10.2. The van der Waals surface area contributed by atoms with Crippen molar-refractivity contribution in [3.63, 3.8) is 0 Å². The van der Waals surface area contributed by atoms with Crippen molar-refractivity contribution in [1.82, 2.24) is 15.2 Å². The van der Waals surface area contributed by atoms with Gasteiger partial charge < -0.3 is 0 Å². The van der Waals surface area contributed by atoms with Crippen LogP contribution in [0.4, 0.5) is 0 Å². The van der Waals surface area contributed by atoms with Gasteiger partial charge in [0.15, 0.2) is 5.82 Å². The van der Waals surface area contributed by atoms with Crippen molar-refractivity contribution in [3.8, 4) is 0 Å². The van der Waals surface area contributed by atoms with E-state index >= 15 is 0 Å². The lowest BCUT2D eigenvalue weighted by Crippen LogP contribution is -2.04. The Morgan fingerprint density at radius 1 is 1.62 bits per heavy atom. The van der Waals surface area contributed by atoms with Crippen molar-refractivity contribution >= 4 is 17.1 Å². The molecule has 2 rings (SSSR count). The molecule has 0 saturated heterocycles. The van der Waals surface area contributed by atoms with E-state index in [4.69, 9.17) is 0 Å². The second-order valence-electron chi connectivity index (χ2n) is 2.57. The number of ketones is 1. The Kier molecular flexibility index (Phi) is 2.18. The van der Waals surface area contributed by atoms with E-state index in [1.165, 1.54) is 6.33 Å². The summed E-state index contributed by atoms with van der Waals surface area (Å²) >= 11 is 1.58. The van der Waals surface area contributed by atoms with E-state index in [1.807, 2.05) is 16.8 Å². The molecule has 4 nitrogen and oxygen atoms in total. The van der Waals surface area contributed by atoms with E-state index in [0.29, 0.717) is 12.2 Å². The summed E-state index contributed by atoms with van der Waals surface area (Å²) < 4.78 is 0. The molecule has 0 bridgehead atoms. The highest BCUT2D eigenvalue weighted by atomic mass is 32.1. The molecule has 0 aliphatic rings. The number of aromatic nitrogens is 3. The van der Waals surface area contributed by atoms with Gasteiger partial charge in [-0.2, -0.15) is 16.4 Å². The van der Waals surface area contributed by atoms with Crippen LogP contribution in [0.1, 0.15) is 16.2 Å². The van der Waals surface area contributed by atoms with Crippen molar-refractivity contribution in [3.05, 3.63) is 34.5 Å². The molecular weight excluding hydrogens is 186 g/mol. The number of rotatable bonds is 3. The van der Waals surface area contributed by atoms with Crippen LogP contribution in [0.5, 0.6) is 0 Å². The number of hydrogen-bond acceptors (Lipinski definition) is 4. The maximum atomic E-state index is 11.4. The van der Waals surface area contributed by atoms with Crippen LogP contribution >= 0.6 is 11.3 Å². The summed E-state index contributed by atoms with van der Waals surface area (Å²) in [6.07, 6.45) is 1.72. The highest BCUT2D eigenvalue weighted by Crippen LogP contribution is 2.08. The summed E-state index contributed by atoms with van der Waals surface area (Å²) in [5.41, 5.74) is 1.02. The van der Waals surface area contributed by atoms with Gasteiger partial charge in [0.25, 0.3) is 0 Å². The van der Waals surface area contributed by atoms with Gasteiger partial charge >= 0.3 is 0 Å². The summed E-state index contributed by atoms with van der Waals surface area (Å²) in [4.78, 5) is 15.2. The van der Waals surface area contributed by atoms with Gasteiger partial charge in [0.1, 0.15) is 6.33 Å². The first-order valence-corrected chi connectivity index (χ1v) is 4.70. The molecule has 0 unspecified atom stereocenters. The molecule has 0 radical (unpaired) electrons. The first-order valence-electron chi connectivity index (χ1n) is 3.76.